The molecular formula is C16H28N2O2. The van der Waals surface area contributed by atoms with Crippen molar-refractivity contribution in [2.75, 3.05) is 19.8 Å². The Bertz CT molecular complexity index is 384. The average molecular weight is 280 g/mol. The van der Waals surface area contributed by atoms with Crippen LogP contribution in [-0.4, -0.2) is 42.3 Å². The summed E-state index contributed by atoms with van der Waals surface area (Å²) in [5.74, 6) is 0.968. The Morgan fingerprint density at radius 1 is 1.30 bits per heavy atom. The molecular weight excluding hydrogens is 252 g/mol. The molecule has 2 saturated heterocycles. The van der Waals surface area contributed by atoms with E-state index in [2.05, 4.69) is 31.0 Å². The molecule has 1 N–H and O–H groups in total. The highest BCUT2D eigenvalue weighted by atomic mass is 16.5. The first-order chi connectivity index (χ1) is 9.44. The van der Waals surface area contributed by atoms with E-state index >= 15 is 0 Å². The molecule has 114 valence electrons. The standard InChI is InChI=1S/C16H28N2O2/c1-12(2)10-13-17-16(4-5-16)14(19)18(13)11-15(3)6-8-20-9-7-15/h12-13,17H,4-11H2,1-3H3. The van der Waals surface area contributed by atoms with Crippen molar-refractivity contribution in [2.24, 2.45) is 11.3 Å². The number of nitrogens with zero attached hydrogens (tertiary/aromatic N) is 1. The minimum absolute atomic E-state index is 0.179. The van der Waals surface area contributed by atoms with E-state index in [1.165, 1.54) is 0 Å². The summed E-state index contributed by atoms with van der Waals surface area (Å²) in [7, 11) is 0. The monoisotopic (exact) mass is 280 g/mol. The van der Waals surface area contributed by atoms with Crippen LogP contribution in [0.4, 0.5) is 0 Å². The van der Waals surface area contributed by atoms with Crippen LogP contribution < -0.4 is 5.32 Å². The summed E-state index contributed by atoms with van der Waals surface area (Å²) < 4.78 is 5.48. The molecule has 4 nitrogen and oxygen atoms in total. The van der Waals surface area contributed by atoms with Crippen molar-refractivity contribution in [3.8, 4) is 0 Å². The van der Waals surface area contributed by atoms with Crippen molar-refractivity contribution in [1.82, 2.24) is 10.2 Å². The number of nitrogens with one attached hydrogen (secondary N) is 1. The second-order valence-electron chi connectivity index (χ2n) is 7.73. The maximum atomic E-state index is 12.7. The van der Waals surface area contributed by atoms with Crippen molar-refractivity contribution in [3.05, 3.63) is 0 Å². The van der Waals surface area contributed by atoms with Gasteiger partial charge in [-0.1, -0.05) is 20.8 Å². The van der Waals surface area contributed by atoms with Gasteiger partial charge in [0.25, 0.3) is 0 Å². The number of rotatable bonds is 4. The predicted octanol–water partition coefficient (Wildman–Crippen LogP) is 2.14. The molecule has 4 heteroatoms. The van der Waals surface area contributed by atoms with Gasteiger partial charge in [-0.25, -0.2) is 0 Å². The number of ether oxygens (including phenoxy) is 1. The molecule has 3 rings (SSSR count). The fourth-order valence-corrected chi connectivity index (χ4v) is 3.61. The summed E-state index contributed by atoms with van der Waals surface area (Å²) in [6.07, 6.45) is 5.48. The lowest BCUT2D eigenvalue weighted by Crippen LogP contribution is -2.46. The van der Waals surface area contributed by atoms with Crippen molar-refractivity contribution in [2.45, 2.75) is 64.6 Å². The van der Waals surface area contributed by atoms with Crippen LogP contribution in [0.1, 0.15) is 52.9 Å². The van der Waals surface area contributed by atoms with Crippen molar-refractivity contribution < 1.29 is 9.53 Å². The summed E-state index contributed by atoms with van der Waals surface area (Å²) in [4.78, 5) is 14.9. The Morgan fingerprint density at radius 3 is 2.50 bits per heavy atom. The molecule has 0 bridgehead atoms. The van der Waals surface area contributed by atoms with Gasteiger partial charge in [0.2, 0.25) is 5.91 Å². The van der Waals surface area contributed by atoms with Gasteiger partial charge in [0.05, 0.1) is 11.7 Å². The van der Waals surface area contributed by atoms with E-state index in [4.69, 9.17) is 4.74 Å². The normalized spacial score (nSPS) is 31.3. The molecule has 20 heavy (non-hydrogen) atoms. The summed E-state index contributed by atoms with van der Waals surface area (Å²) in [5, 5.41) is 3.62. The molecule has 1 unspecified atom stereocenters. The van der Waals surface area contributed by atoms with Crippen molar-refractivity contribution in [1.29, 1.82) is 0 Å². The highest BCUT2D eigenvalue weighted by Gasteiger charge is 2.59. The Hall–Kier alpha value is -0.610. The predicted molar refractivity (Wildman–Crippen MR) is 78.2 cm³/mol. The number of hydrogen-bond donors (Lipinski definition) is 1. The smallest absolute Gasteiger partial charge is 0.244 e. The SMILES string of the molecule is CC(C)CC1NC2(CC2)C(=O)N1CC1(C)CCOCC1. The Balaban J connectivity index is 1.72. The molecule has 0 aromatic rings. The third-order valence-electron chi connectivity index (χ3n) is 5.19. The molecule has 2 heterocycles. The van der Waals surface area contributed by atoms with Gasteiger partial charge in [-0.3, -0.25) is 10.1 Å². The Kier molecular flexibility index (Phi) is 3.57. The molecule has 1 aliphatic carbocycles. The van der Waals surface area contributed by atoms with Crippen LogP contribution in [0.25, 0.3) is 0 Å². The third-order valence-corrected chi connectivity index (χ3v) is 5.19. The van der Waals surface area contributed by atoms with Gasteiger partial charge >= 0.3 is 0 Å². The molecule has 1 amide bonds. The molecule has 3 fully saturated rings. The average Bonchev–Trinajstić information content (AvgIpc) is 3.11. The second-order valence-corrected chi connectivity index (χ2v) is 7.73. The lowest BCUT2D eigenvalue weighted by molar-refractivity contribution is -0.133. The minimum atomic E-state index is -0.179. The summed E-state index contributed by atoms with van der Waals surface area (Å²) in [6, 6.07) is 0. The summed E-state index contributed by atoms with van der Waals surface area (Å²) in [6.45, 7) is 9.35. The van der Waals surface area contributed by atoms with Gasteiger partial charge in [-0.05, 0) is 43.4 Å². The van der Waals surface area contributed by atoms with Gasteiger partial charge in [-0.15, -0.1) is 0 Å². The zero-order valence-corrected chi connectivity index (χ0v) is 13.1. The lowest BCUT2D eigenvalue weighted by atomic mass is 9.81. The van der Waals surface area contributed by atoms with E-state index in [0.717, 1.165) is 51.9 Å². The van der Waals surface area contributed by atoms with Crippen LogP contribution in [0.3, 0.4) is 0 Å². The van der Waals surface area contributed by atoms with Crippen LogP contribution in [0.5, 0.6) is 0 Å². The van der Waals surface area contributed by atoms with E-state index in [-0.39, 0.29) is 17.1 Å². The molecule has 3 aliphatic rings. The number of carbonyl (C=O) groups excluding carboxylic acids is 1. The minimum Gasteiger partial charge on any atom is -0.381 e. The van der Waals surface area contributed by atoms with Crippen molar-refractivity contribution in [3.63, 3.8) is 0 Å². The zero-order chi connectivity index (χ0) is 14.4. The molecule has 1 saturated carbocycles. The molecule has 2 aliphatic heterocycles. The molecule has 0 aromatic carbocycles. The van der Waals surface area contributed by atoms with Gasteiger partial charge in [0, 0.05) is 19.8 Å². The van der Waals surface area contributed by atoms with Crippen LogP contribution >= 0.6 is 0 Å². The number of carbonyl (C=O) groups is 1. The fourth-order valence-electron chi connectivity index (χ4n) is 3.61. The number of hydrogen-bond acceptors (Lipinski definition) is 3. The highest BCUT2D eigenvalue weighted by Crippen LogP contribution is 2.44. The van der Waals surface area contributed by atoms with E-state index in [0.29, 0.717) is 11.8 Å². The Morgan fingerprint density at radius 2 is 1.95 bits per heavy atom. The van der Waals surface area contributed by atoms with Gasteiger partial charge < -0.3 is 9.64 Å². The first-order valence-corrected chi connectivity index (χ1v) is 8.11. The van der Waals surface area contributed by atoms with Crippen molar-refractivity contribution >= 4 is 5.91 Å². The van der Waals surface area contributed by atoms with Gasteiger partial charge in [0.15, 0.2) is 0 Å². The fraction of sp³-hybridized carbons (Fsp3) is 0.938. The highest BCUT2D eigenvalue weighted by molar-refractivity contribution is 5.91. The van der Waals surface area contributed by atoms with E-state index in [9.17, 15) is 4.79 Å². The third kappa shape index (κ3) is 2.60. The van der Waals surface area contributed by atoms with Crippen LogP contribution in [0.15, 0.2) is 0 Å². The molecule has 0 radical (unpaired) electrons. The zero-order valence-electron chi connectivity index (χ0n) is 13.1. The second kappa shape index (κ2) is 4.99. The van der Waals surface area contributed by atoms with Crippen LogP contribution in [0.2, 0.25) is 0 Å². The molecule has 1 spiro atoms. The summed E-state index contributed by atoms with van der Waals surface area (Å²) in [5.41, 5.74) is 0.0479. The largest absolute Gasteiger partial charge is 0.381 e. The molecule has 0 aromatic heterocycles. The first kappa shape index (κ1) is 14.3. The van der Waals surface area contributed by atoms with Crippen LogP contribution in [-0.2, 0) is 9.53 Å². The maximum Gasteiger partial charge on any atom is 0.244 e. The topological polar surface area (TPSA) is 41.6 Å². The quantitative estimate of drug-likeness (QED) is 0.858. The van der Waals surface area contributed by atoms with E-state index in [1.54, 1.807) is 0 Å². The van der Waals surface area contributed by atoms with Gasteiger partial charge in [0.1, 0.15) is 0 Å². The Labute approximate surface area is 122 Å². The first-order valence-electron chi connectivity index (χ1n) is 8.11. The van der Waals surface area contributed by atoms with E-state index < -0.39 is 0 Å². The molecule has 1 atom stereocenters. The van der Waals surface area contributed by atoms with Gasteiger partial charge in [-0.2, -0.15) is 0 Å². The number of amides is 1. The van der Waals surface area contributed by atoms with Crippen LogP contribution in [0, 0.1) is 11.3 Å². The lowest BCUT2D eigenvalue weighted by Gasteiger charge is -2.39. The van der Waals surface area contributed by atoms with E-state index in [1.807, 2.05) is 0 Å². The maximum absolute atomic E-state index is 12.7. The summed E-state index contributed by atoms with van der Waals surface area (Å²) >= 11 is 0.